The van der Waals surface area contributed by atoms with Crippen molar-refractivity contribution >= 4 is 57.1 Å². The average molecular weight is 482 g/mol. The highest BCUT2D eigenvalue weighted by Crippen LogP contribution is 2.06. The third kappa shape index (κ3) is 12.8. The van der Waals surface area contributed by atoms with Gasteiger partial charge in [-0.1, -0.05) is 58.0 Å². The van der Waals surface area contributed by atoms with E-state index in [1.165, 1.54) is 0 Å². The number of halogens is 2. The predicted molar refractivity (Wildman–Crippen MR) is 86.9 cm³/mol. The first kappa shape index (κ1) is 18.4. The van der Waals surface area contributed by atoms with E-state index >= 15 is 0 Å². The summed E-state index contributed by atoms with van der Waals surface area (Å²) < 4.78 is 2.19. The molecule has 0 atom stereocenters. The molecule has 0 aromatic carbocycles. The monoisotopic (exact) mass is 482 g/mol. The van der Waals surface area contributed by atoms with Gasteiger partial charge in [-0.3, -0.25) is 0 Å². The second kappa shape index (κ2) is 13.8. The van der Waals surface area contributed by atoms with E-state index in [1.807, 2.05) is 0 Å². The lowest BCUT2D eigenvalue weighted by atomic mass is 10.2. The molecule has 0 aliphatic rings. The third-order valence-corrected chi connectivity index (χ3v) is 3.78. The molecule has 0 rings (SSSR count). The molecule has 0 fully saturated rings. The molecular weight excluding hydrogens is 462 g/mol. The Morgan fingerprint density at radius 3 is 1.39 bits per heavy atom. The van der Waals surface area contributed by atoms with Gasteiger partial charge < -0.3 is 0 Å². The molecule has 0 spiro atoms. The van der Waals surface area contributed by atoms with Crippen LogP contribution in [-0.4, -0.2) is 20.8 Å². The zero-order valence-electron chi connectivity index (χ0n) is 10.5. The molecule has 18 heavy (non-hydrogen) atoms. The first-order chi connectivity index (χ1) is 8.70. The lowest BCUT2D eigenvalue weighted by Crippen LogP contribution is -2.11. The van der Waals surface area contributed by atoms with E-state index in [4.69, 9.17) is 0 Å². The molecule has 0 bridgehead atoms. The molecule has 0 radical (unpaired) electrons. The molecule has 0 aromatic rings. The first-order valence-corrected chi connectivity index (χ1v) is 9.28. The smallest absolute Gasteiger partial charge is 0.247 e. The van der Waals surface area contributed by atoms with Crippen molar-refractivity contribution in [3.8, 4) is 0 Å². The fraction of sp³-hybridized carbons (Fsp3) is 0.833. The Hall–Kier alpha value is 0.400. The largest absolute Gasteiger partial charge is 0.355 e. The quantitative estimate of drug-likeness (QED) is 0.156. The molecule has 6 heteroatoms. The third-order valence-electron chi connectivity index (χ3n) is 2.26. The van der Waals surface area contributed by atoms with E-state index in [0.717, 1.165) is 47.4 Å². The summed E-state index contributed by atoms with van der Waals surface area (Å²) >= 11 is 4.60. The van der Waals surface area contributed by atoms with Crippen LogP contribution in [0, 0.1) is 0 Å². The molecule has 4 nitrogen and oxygen atoms in total. The van der Waals surface area contributed by atoms with Crippen LogP contribution in [0.4, 0.5) is 0 Å². The summed E-state index contributed by atoms with van der Waals surface area (Å²) in [6.45, 7) is 0. The van der Waals surface area contributed by atoms with Gasteiger partial charge in [0.2, 0.25) is 0 Å². The van der Waals surface area contributed by atoms with Crippen molar-refractivity contribution in [2.24, 2.45) is 0 Å². The Morgan fingerprint density at radius 2 is 1.06 bits per heavy atom. The SMILES string of the molecule is O=C(CCCCCI)OOC(=O)CCCCCI. The van der Waals surface area contributed by atoms with Crippen molar-refractivity contribution < 1.29 is 19.4 Å². The molecule has 0 aliphatic carbocycles. The summed E-state index contributed by atoms with van der Waals surface area (Å²) in [6.07, 6.45) is 6.42. The highest BCUT2D eigenvalue weighted by molar-refractivity contribution is 14.1. The van der Waals surface area contributed by atoms with Crippen molar-refractivity contribution in [2.45, 2.75) is 51.4 Å². The van der Waals surface area contributed by atoms with Crippen LogP contribution >= 0.6 is 45.2 Å². The van der Waals surface area contributed by atoms with Crippen LogP contribution in [0.1, 0.15) is 51.4 Å². The number of hydrogen-bond acceptors (Lipinski definition) is 4. The topological polar surface area (TPSA) is 52.6 Å². The summed E-state index contributed by atoms with van der Waals surface area (Å²) in [5, 5.41) is 0. The average Bonchev–Trinajstić information content (AvgIpc) is 2.37. The van der Waals surface area contributed by atoms with Crippen LogP contribution in [0.15, 0.2) is 0 Å². The molecule has 0 aliphatic heterocycles. The van der Waals surface area contributed by atoms with E-state index in [0.29, 0.717) is 12.8 Å². The van der Waals surface area contributed by atoms with Crippen LogP contribution < -0.4 is 0 Å². The summed E-state index contributed by atoms with van der Waals surface area (Å²) in [5.41, 5.74) is 0. The molecular formula is C12H20I2O4. The van der Waals surface area contributed by atoms with Gasteiger partial charge in [-0.25, -0.2) is 19.4 Å². The second-order valence-corrected chi connectivity index (χ2v) is 6.07. The van der Waals surface area contributed by atoms with Gasteiger partial charge in [0.1, 0.15) is 0 Å². The minimum Gasteiger partial charge on any atom is -0.247 e. The Bertz CT molecular complexity index is 210. The standard InChI is InChI=1S/C12H20I2O4/c13-9-5-1-3-7-11(15)17-18-12(16)8-4-2-6-10-14/h1-10H2. The van der Waals surface area contributed by atoms with Crippen molar-refractivity contribution in [2.75, 3.05) is 8.86 Å². The van der Waals surface area contributed by atoms with Crippen LogP contribution in [0.5, 0.6) is 0 Å². The van der Waals surface area contributed by atoms with Gasteiger partial charge in [-0.05, 0) is 34.5 Å². The van der Waals surface area contributed by atoms with Crippen LogP contribution in [-0.2, 0) is 19.4 Å². The van der Waals surface area contributed by atoms with Gasteiger partial charge in [0.05, 0.1) is 12.8 Å². The zero-order valence-corrected chi connectivity index (χ0v) is 14.8. The second-order valence-electron chi connectivity index (χ2n) is 3.91. The predicted octanol–water partition coefficient (Wildman–Crippen LogP) is 3.98. The van der Waals surface area contributed by atoms with Gasteiger partial charge in [0.25, 0.3) is 0 Å². The van der Waals surface area contributed by atoms with E-state index in [1.54, 1.807) is 0 Å². The lowest BCUT2D eigenvalue weighted by molar-refractivity contribution is -0.259. The maximum atomic E-state index is 11.2. The fourth-order valence-corrected chi connectivity index (χ4v) is 2.34. The fourth-order valence-electron chi connectivity index (χ4n) is 1.26. The highest BCUT2D eigenvalue weighted by Gasteiger charge is 2.09. The molecule has 0 unspecified atom stereocenters. The van der Waals surface area contributed by atoms with Gasteiger partial charge >= 0.3 is 11.9 Å². The van der Waals surface area contributed by atoms with Crippen molar-refractivity contribution in [1.82, 2.24) is 0 Å². The Morgan fingerprint density at radius 1 is 0.667 bits per heavy atom. The molecule has 0 N–H and O–H groups in total. The number of rotatable bonds is 10. The van der Waals surface area contributed by atoms with Crippen LogP contribution in [0.2, 0.25) is 0 Å². The zero-order chi connectivity index (χ0) is 13.6. The van der Waals surface area contributed by atoms with Gasteiger partial charge in [0.15, 0.2) is 0 Å². The van der Waals surface area contributed by atoms with Gasteiger partial charge in [-0.2, -0.15) is 0 Å². The summed E-state index contributed by atoms with van der Waals surface area (Å²) in [4.78, 5) is 31.3. The Labute approximate surface area is 136 Å². The van der Waals surface area contributed by atoms with E-state index in [9.17, 15) is 9.59 Å². The molecule has 0 amide bonds. The van der Waals surface area contributed by atoms with Crippen LogP contribution in [0.3, 0.4) is 0 Å². The molecule has 0 saturated carbocycles. The molecule has 0 heterocycles. The van der Waals surface area contributed by atoms with Gasteiger partial charge in [-0.15, -0.1) is 0 Å². The highest BCUT2D eigenvalue weighted by atomic mass is 127. The number of carbonyl (C=O) groups excluding carboxylic acids is 2. The molecule has 0 saturated heterocycles. The minimum absolute atomic E-state index is 0.318. The number of alkyl halides is 2. The summed E-state index contributed by atoms with van der Waals surface area (Å²) in [6, 6.07) is 0. The number of hydrogen-bond donors (Lipinski definition) is 0. The van der Waals surface area contributed by atoms with Crippen molar-refractivity contribution in [3.63, 3.8) is 0 Å². The normalized spacial score (nSPS) is 10.1. The van der Waals surface area contributed by atoms with Gasteiger partial charge in [0, 0.05) is 0 Å². The van der Waals surface area contributed by atoms with E-state index < -0.39 is 11.9 Å². The minimum atomic E-state index is -0.455. The summed E-state index contributed by atoms with van der Waals surface area (Å²) in [7, 11) is 0. The van der Waals surface area contributed by atoms with E-state index in [-0.39, 0.29) is 0 Å². The van der Waals surface area contributed by atoms with Crippen LogP contribution in [0.25, 0.3) is 0 Å². The van der Waals surface area contributed by atoms with E-state index in [2.05, 4.69) is 55.0 Å². The number of unbranched alkanes of at least 4 members (excludes halogenated alkanes) is 4. The maximum absolute atomic E-state index is 11.2. The Balaban J connectivity index is 3.39. The Kier molecular flexibility index (Phi) is 14.1. The lowest BCUT2D eigenvalue weighted by Gasteiger charge is -2.03. The maximum Gasteiger partial charge on any atom is 0.355 e. The number of carbonyl (C=O) groups is 2. The first-order valence-electron chi connectivity index (χ1n) is 6.22. The molecule has 0 aromatic heterocycles. The summed E-state index contributed by atoms with van der Waals surface area (Å²) in [5.74, 6) is -0.909. The van der Waals surface area contributed by atoms with Crippen molar-refractivity contribution in [1.29, 1.82) is 0 Å². The van der Waals surface area contributed by atoms with Crippen molar-refractivity contribution in [3.05, 3.63) is 0 Å². The molecule has 106 valence electrons.